The van der Waals surface area contributed by atoms with Crippen LogP contribution in [0.2, 0.25) is 0 Å². The maximum atomic E-state index is 13.4. The van der Waals surface area contributed by atoms with Crippen molar-refractivity contribution in [1.82, 2.24) is 9.62 Å². The molecule has 1 saturated carbocycles. The van der Waals surface area contributed by atoms with Gasteiger partial charge in [0.25, 0.3) is 0 Å². The van der Waals surface area contributed by atoms with Crippen molar-refractivity contribution in [3.05, 3.63) is 35.9 Å². The van der Waals surface area contributed by atoms with E-state index >= 15 is 0 Å². The van der Waals surface area contributed by atoms with Crippen molar-refractivity contribution >= 4 is 33.6 Å². The zero-order chi connectivity index (χ0) is 19.9. The lowest BCUT2D eigenvalue weighted by molar-refractivity contribution is -0.130. The SMILES string of the molecule is CNSC(=O)N(CCCCOC)C(=O)C1(c2ccccc2)CC1N=S(=O)=O. The van der Waals surface area contributed by atoms with Gasteiger partial charge in [0.05, 0.1) is 6.04 Å². The summed E-state index contributed by atoms with van der Waals surface area (Å²) >= 11 is 0.818. The molecule has 1 aromatic carbocycles. The summed E-state index contributed by atoms with van der Waals surface area (Å²) < 4.78 is 33.5. The third-order valence-electron chi connectivity index (χ3n) is 4.44. The average Bonchev–Trinajstić information content (AvgIpc) is 3.36. The molecular formula is C17H23N3O5S2. The highest BCUT2D eigenvalue weighted by molar-refractivity contribution is 8.11. The fourth-order valence-corrected chi connectivity index (χ4v) is 3.97. The van der Waals surface area contributed by atoms with Gasteiger partial charge < -0.3 is 4.74 Å². The number of imide groups is 1. The Morgan fingerprint density at radius 3 is 2.63 bits per heavy atom. The molecule has 8 nitrogen and oxygen atoms in total. The molecule has 0 heterocycles. The van der Waals surface area contributed by atoms with Crippen LogP contribution in [0, 0.1) is 0 Å². The number of rotatable bonds is 9. The molecule has 2 amide bonds. The van der Waals surface area contributed by atoms with Gasteiger partial charge in [0.2, 0.25) is 5.91 Å². The summed E-state index contributed by atoms with van der Waals surface area (Å²) in [7, 11) is 0.568. The molecule has 0 bridgehead atoms. The van der Waals surface area contributed by atoms with Gasteiger partial charge in [0.1, 0.15) is 5.41 Å². The predicted molar refractivity (Wildman–Crippen MR) is 103 cm³/mol. The van der Waals surface area contributed by atoms with Crippen LogP contribution in [0.3, 0.4) is 0 Å². The standard InChI is InChI=1S/C17H23N3O5S2/c1-18-26-16(22)20(10-6-7-11-25-2)15(21)17(12-14(17)19-27(23)24)13-8-4-3-5-9-13/h3-5,8-9,14,18H,6-7,10-12H2,1-2H3. The van der Waals surface area contributed by atoms with Crippen molar-refractivity contribution in [2.24, 2.45) is 4.36 Å². The second-order valence-electron chi connectivity index (χ2n) is 6.11. The normalized spacial score (nSPS) is 20.7. The number of methoxy groups -OCH3 is 1. The van der Waals surface area contributed by atoms with Gasteiger partial charge in [0.15, 0.2) is 0 Å². The predicted octanol–water partition coefficient (Wildman–Crippen LogP) is 2.00. The Morgan fingerprint density at radius 1 is 1.33 bits per heavy atom. The zero-order valence-electron chi connectivity index (χ0n) is 15.3. The van der Waals surface area contributed by atoms with Crippen LogP contribution in [0.15, 0.2) is 34.7 Å². The second-order valence-corrected chi connectivity index (χ2v) is 7.72. The Kier molecular flexibility index (Phi) is 7.96. The van der Waals surface area contributed by atoms with Gasteiger partial charge in [-0.25, -0.2) is 0 Å². The summed E-state index contributed by atoms with van der Waals surface area (Å²) in [6.07, 6.45) is 1.56. The molecule has 10 heteroatoms. The van der Waals surface area contributed by atoms with E-state index in [1.807, 2.05) is 6.07 Å². The van der Waals surface area contributed by atoms with Crippen molar-refractivity contribution in [2.75, 3.05) is 27.3 Å². The first-order valence-electron chi connectivity index (χ1n) is 8.51. The van der Waals surface area contributed by atoms with Crippen molar-refractivity contribution in [1.29, 1.82) is 0 Å². The molecule has 2 atom stereocenters. The lowest BCUT2D eigenvalue weighted by Crippen LogP contribution is -2.44. The Morgan fingerprint density at radius 2 is 2.04 bits per heavy atom. The van der Waals surface area contributed by atoms with E-state index in [1.54, 1.807) is 38.4 Å². The molecule has 0 saturated heterocycles. The first-order valence-corrected chi connectivity index (χ1v) is 10.4. The molecule has 1 aromatic rings. The van der Waals surface area contributed by atoms with Gasteiger partial charge in [-0.3, -0.25) is 19.2 Å². The number of unbranched alkanes of at least 4 members (excludes halogenated alkanes) is 1. The Balaban J connectivity index is 2.32. The minimum atomic E-state index is -2.62. The molecule has 1 aliphatic carbocycles. The van der Waals surface area contributed by atoms with Gasteiger partial charge in [-0.05, 0) is 31.9 Å². The van der Waals surface area contributed by atoms with Crippen LogP contribution in [0.5, 0.6) is 0 Å². The summed E-state index contributed by atoms with van der Waals surface area (Å²) in [5, 5.41) is -0.427. The Labute approximate surface area is 164 Å². The minimum Gasteiger partial charge on any atom is -0.385 e. The van der Waals surface area contributed by atoms with Gasteiger partial charge in [-0.15, -0.1) is 0 Å². The lowest BCUT2D eigenvalue weighted by Gasteiger charge is -2.26. The average molecular weight is 414 g/mol. The molecule has 0 radical (unpaired) electrons. The van der Waals surface area contributed by atoms with Crippen molar-refractivity contribution < 1.29 is 22.7 Å². The van der Waals surface area contributed by atoms with Gasteiger partial charge >= 0.3 is 15.7 Å². The molecule has 0 spiro atoms. The number of hydrogen-bond donors (Lipinski definition) is 1. The van der Waals surface area contributed by atoms with Gasteiger partial charge in [-0.1, -0.05) is 30.3 Å². The summed E-state index contributed by atoms with van der Waals surface area (Å²) in [6.45, 7) is 0.768. The first-order chi connectivity index (χ1) is 13.0. The van der Waals surface area contributed by atoms with E-state index in [9.17, 15) is 18.0 Å². The van der Waals surface area contributed by atoms with Crippen molar-refractivity contribution in [3.8, 4) is 0 Å². The second kappa shape index (κ2) is 9.98. The highest BCUT2D eigenvalue weighted by Gasteiger charge is 2.64. The summed E-state index contributed by atoms with van der Waals surface area (Å²) in [5.74, 6) is -0.418. The maximum absolute atomic E-state index is 13.4. The van der Waals surface area contributed by atoms with E-state index in [4.69, 9.17) is 4.74 Å². The minimum absolute atomic E-state index is 0.234. The number of benzene rings is 1. The maximum Gasteiger partial charge on any atom is 0.311 e. The quantitative estimate of drug-likeness (QED) is 0.488. The third kappa shape index (κ3) is 5.16. The van der Waals surface area contributed by atoms with Crippen LogP contribution < -0.4 is 4.72 Å². The molecule has 1 fully saturated rings. The molecule has 2 unspecified atom stereocenters. The van der Waals surface area contributed by atoms with Crippen LogP contribution in [0.1, 0.15) is 24.8 Å². The summed E-state index contributed by atoms with van der Waals surface area (Å²) in [4.78, 5) is 27.1. The fourth-order valence-electron chi connectivity index (χ4n) is 3.05. The van der Waals surface area contributed by atoms with E-state index in [-0.39, 0.29) is 13.0 Å². The van der Waals surface area contributed by atoms with E-state index in [0.717, 1.165) is 11.9 Å². The molecule has 27 heavy (non-hydrogen) atoms. The van der Waals surface area contributed by atoms with Gasteiger partial charge in [0, 0.05) is 32.2 Å². The van der Waals surface area contributed by atoms with Crippen LogP contribution in [0.4, 0.5) is 4.79 Å². The highest BCUT2D eigenvalue weighted by Crippen LogP contribution is 2.52. The smallest absolute Gasteiger partial charge is 0.311 e. The fraction of sp³-hybridized carbons (Fsp3) is 0.529. The number of hydrogen-bond acceptors (Lipinski definition) is 8. The monoisotopic (exact) mass is 413 g/mol. The van der Waals surface area contributed by atoms with Crippen LogP contribution >= 0.6 is 11.9 Å². The summed E-state index contributed by atoms with van der Waals surface area (Å²) in [6, 6.07) is 8.20. The van der Waals surface area contributed by atoms with E-state index < -0.39 is 33.1 Å². The van der Waals surface area contributed by atoms with Crippen molar-refractivity contribution in [3.63, 3.8) is 0 Å². The third-order valence-corrected chi connectivity index (χ3v) is 5.47. The first kappa shape index (κ1) is 21.5. The molecule has 2 rings (SSSR count). The molecule has 1 N–H and O–H groups in total. The Hall–Kier alpha value is -1.75. The molecular weight excluding hydrogens is 390 g/mol. The number of carbonyl (C=O) groups is 2. The number of amides is 2. The van der Waals surface area contributed by atoms with E-state index in [0.29, 0.717) is 25.0 Å². The topological polar surface area (TPSA) is 105 Å². The summed E-state index contributed by atoms with van der Waals surface area (Å²) in [5.41, 5.74) is -0.453. The van der Waals surface area contributed by atoms with Crippen LogP contribution in [0.25, 0.3) is 0 Å². The van der Waals surface area contributed by atoms with Crippen LogP contribution in [-0.2, 0) is 25.4 Å². The largest absolute Gasteiger partial charge is 0.385 e. The zero-order valence-corrected chi connectivity index (χ0v) is 16.9. The van der Waals surface area contributed by atoms with Gasteiger partial charge in [-0.2, -0.15) is 12.8 Å². The molecule has 1 aliphatic rings. The number of nitrogens with one attached hydrogen (secondary N) is 1. The number of carbonyl (C=O) groups excluding carboxylic acids is 2. The van der Waals surface area contributed by atoms with E-state index in [1.165, 1.54) is 4.90 Å². The lowest BCUT2D eigenvalue weighted by atomic mass is 9.93. The number of nitrogens with zero attached hydrogens (tertiary/aromatic N) is 2. The molecule has 148 valence electrons. The van der Waals surface area contributed by atoms with Crippen molar-refractivity contribution in [2.45, 2.75) is 30.7 Å². The van der Waals surface area contributed by atoms with Crippen LogP contribution in [-0.4, -0.2) is 57.8 Å². The van der Waals surface area contributed by atoms with E-state index in [2.05, 4.69) is 9.08 Å². The molecule has 0 aromatic heterocycles. The number of ether oxygens (including phenoxy) is 1. The highest BCUT2D eigenvalue weighted by atomic mass is 32.2. The Bertz CT molecular complexity index is 792. The molecule has 0 aliphatic heterocycles.